The summed E-state index contributed by atoms with van der Waals surface area (Å²) in [5, 5.41) is 6.41. The van der Waals surface area contributed by atoms with Crippen molar-refractivity contribution in [2.45, 2.75) is 13.0 Å². The predicted molar refractivity (Wildman–Crippen MR) is 91.2 cm³/mol. The topological polar surface area (TPSA) is 103 Å². The number of esters is 1. The Hall–Kier alpha value is -3.43. The van der Waals surface area contributed by atoms with E-state index < -0.39 is 24.0 Å². The summed E-state index contributed by atoms with van der Waals surface area (Å²) in [7, 11) is 0. The highest BCUT2D eigenvalue weighted by Gasteiger charge is 2.32. The lowest BCUT2D eigenvalue weighted by Crippen LogP contribution is -2.30. The molecule has 1 aromatic heterocycles. The highest BCUT2D eigenvalue weighted by Crippen LogP contribution is 2.25. The monoisotopic (exact) mass is 376 g/mol. The number of nitrogens with zero attached hydrogens (tertiary/aromatic N) is 3. The van der Waals surface area contributed by atoms with E-state index in [1.54, 1.807) is 13.0 Å². The summed E-state index contributed by atoms with van der Waals surface area (Å²) in [6.07, 6.45) is 2.03. The van der Waals surface area contributed by atoms with Gasteiger partial charge in [-0.2, -0.15) is 5.10 Å². The molecule has 1 aliphatic rings. The van der Waals surface area contributed by atoms with E-state index >= 15 is 0 Å². The second kappa shape index (κ2) is 7.85. The van der Waals surface area contributed by atoms with Gasteiger partial charge in [-0.1, -0.05) is 0 Å². The van der Waals surface area contributed by atoms with Crippen molar-refractivity contribution in [3.63, 3.8) is 0 Å². The van der Waals surface area contributed by atoms with Gasteiger partial charge in [0.25, 0.3) is 0 Å². The Bertz CT molecular complexity index is 869. The molecule has 1 fully saturated rings. The van der Waals surface area contributed by atoms with Gasteiger partial charge >= 0.3 is 12.1 Å². The van der Waals surface area contributed by atoms with Crippen LogP contribution in [0.25, 0.3) is 5.69 Å². The average molecular weight is 376 g/mol. The van der Waals surface area contributed by atoms with Crippen molar-refractivity contribution < 1.29 is 28.2 Å². The van der Waals surface area contributed by atoms with Crippen LogP contribution in [0.2, 0.25) is 0 Å². The van der Waals surface area contributed by atoms with Crippen molar-refractivity contribution in [2.75, 3.05) is 24.6 Å². The Balaban J connectivity index is 1.77. The van der Waals surface area contributed by atoms with Gasteiger partial charge < -0.3 is 14.8 Å². The maximum atomic E-state index is 14.6. The third-order valence-electron chi connectivity index (χ3n) is 3.89. The van der Waals surface area contributed by atoms with Gasteiger partial charge in [0.15, 0.2) is 5.82 Å². The van der Waals surface area contributed by atoms with E-state index in [1.165, 1.54) is 34.1 Å². The molecule has 1 atom stereocenters. The number of anilines is 1. The fourth-order valence-electron chi connectivity index (χ4n) is 2.64. The molecule has 3 rings (SSSR count). The first kappa shape index (κ1) is 18.4. The fourth-order valence-corrected chi connectivity index (χ4v) is 2.64. The quantitative estimate of drug-likeness (QED) is 0.576. The molecular formula is C17H17FN4O5. The molecule has 0 bridgehead atoms. The first-order chi connectivity index (χ1) is 13.0. The van der Waals surface area contributed by atoms with E-state index in [0.29, 0.717) is 12.1 Å². The second-order valence-corrected chi connectivity index (χ2v) is 5.67. The molecule has 2 aromatic rings. The minimum atomic E-state index is -0.631. The van der Waals surface area contributed by atoms with Crippen molar-refractivity contribution in [1.29, 1.82) is 0 Å². The van der Waals surface area contributed by atoms with E-state index in [-0.39, 0.29) is 30.9 Å². The predicted octanol–water partition coefficient (Wildman–Crippen LogP) is 1.26. The van der Waals surface area contributed by atoms with E-state index in [1.807, 2.05) is 0 Å². The molecular weight excluding hydrogens is 359 g/mol. The van der Waals surface area contributed by atoms with E-state index in [2.05, 4.69) is 10.4 Å². The van der Waals surface area contributed by atoms with Gasteiger partial charge in [0.05, 0.1) is 37.1 Å². The Morgan fingerprint density at radius 1 is 1.52 bits per heavy atom. The summed E-state index contributed by atoms with van der Waals surface area (Å²) < 4.78 is 25.8. The lowest BCUT2D eigenvalue weighted by atomic mass is 10.2. The van der Waals surface area contributed by atoms with Crippen molar-refractivity contribution >= 4 is 24.2 Å². The van der Waals surface area contributed by atoms with Gasteiger partial charge in [-0.15, -0.1) is 0 Å². The first-order valence-electron chi connectivity index (χ1n) is 8.20. The summed E-state index contributed by atoms with van der Waals surface area (Å²) in [5.41, 5.74) is 0.627. The number of aromatic nitrogens is 2. The number of rotatable bonds is 7. The van der Waals surface area contributed by atoms with Crippen LogP contribution in [0.15, 0.2) is 30.6 Å². The number of carbonyl (C=O) groups excluding carboxylic acids is 3. The molecule has 27 heavy (non-hydrogen) atoms. The van der Waals surface area contributed by atoms with Crippen LogP contribution >= 0.6 is 0 Å². The molecule has 2 amide bonds. The van der Waals surface area contributed by atoms with Crippen molar-refractivity contribution in [3.8, 4) is 5.69 Å². The number of nitrogens with one attached hydrogen (secondary N) is 1. The number of hydrogen-bond donors (Lipinski definition) is 1. The molecule has 142 valence electrons. The molecule has 1 saturated heterocycles. The van der Waals surface area contributed by atoms with Crippen molar-refractivity contribution in [3.05, 3.63) is 42.0 Å². The molecule has 2 heterocycles. The molecule has 10 heteroatoms. The van der Waals surface area contributed by atoms with Gasteiger partial charge in [0.1, 0.15) is 11.8 Å². The number of cyclic esters (lactones) is 1. The van der Waals surface area contributed by atoms with Crippen LogP contribution in [0, 0.1) is 5.82 Å². The third-order valence-corrected chi connectivity index (χ3v) is 3.89. The van der Waals surface area contributed by atoms with Crippen LogP contribution < -0.4 is 10.2 Å². The van der Waals surface area contributed by atoms with Gasteiger partial charge in [0, 0.05) is 6.20 Å². The SMILES string of the molecule is CCOC(=O)c1cnn(-c2ccc(N3CC(CNC=O)OC3=O)cc2F)c1. The van der Waals surface area contributed by atoms with Crippen LogP contribution in [0.3, 0.4) is 0 Å². The third kappa shape index (κ3) is 3.89. The molecule has 1 N–H and O–H groups in total. The summed E-state index contributed by atoms with van der Waals surface area (Å²) in [6.45, 7) is 2.27. The smallest absolute Gasteiger partial charge is 0.414 e. The van der Waals surface area contributed by atoms with Gasteiger partial charge in [-0.3, -0.25) is 9.69 Å². The van der Waals surface area contributed by atoms with Crippen molar-refractivity contribution in [2.24, 2.45) is 0 Å². The van der Waals surface area contributed by atoms with E-state index in [0.717, 1.165) is 0 Å². The average Bonchev–Trinajstić information content (AvgIpc) is 3.27. The molecule has 1 aromatic carbocycles. The molecule has 0 saturated carbocycles. The zero-order valence-corrected chi connectivity index (χ0v) is 14.4. The number of amides is 2. The highest BCUT2D eigenvalue weighted by atomic mass is 19.1. The Morgan fingerprint density at radius 2 is 2.33 bits per heavy atom. The maximum Gasteiger partial charge on any atom is 0.414 e. The number of benzene rings is 1. The molecule has 0 spiro atoms. The van der Waals surface area contributed by atoms with Gasteiger partial charge in [0.2, 0.25) is 6.41 Å². The highest BCUT2D eigenvalue weighted by molar-refractivity contribution is 5.90. The standard InChI is InChI=1S/C17H17FN4O5/c1-2-26-16(24)11-6-20-22(8-11)15-4-3-12(5-14(15)18)21-9-13(7-19-10-23)27-17(21)25/h3-6,8,10,13H,2,7,9H2,1H3,(H,19,23). The number of carbonyl (C=O) groups is 3. The van der Waals surface area contributed by atoms with Crippen LogP contribution in [0.5, 0.6) is 0 Å². The fraction of sp³-hybridized carbons (Fsp3) is 0.294. The molecule has 1 aliphatic heterocycles. The number of hydrogen-bond acceptors (Lipinski definition) is 6. The minimum Gasteiger partial charge on any atom is -0.462 e. The first-order valence-corrected chi connectivity index (χ1v) is 8.20. The summed E-state index contributed by atoms with van der Waals surface area (Å²) >= 11 is 0. The van der Waals surface area contributed by atoms with Crippen LogP contribution in [0.1, 0.15) is 17.3 Å². The van der Waals surface area contributed by atoms with E-state index in [4.69, 9.17) is 9.47 Å². The van der Waals surface area contributed by atoms with Crippen LogP contribution in [-0.4, -0.2) is 54.1 Å². The number of ether oxygens (including phenoxy) is 2. The maximum absolute atomic E-state index is 14.6. The lowest BCUT2D eigenvalue weighted by Gasteiger charge is -2.14. The summed E-state index contributed by atoms with van der Waals surface area (Å²) in [4.78, 5) is 35.3. The lowest BCUT2D eigenvalue weighted by molar-refractivity contribution is -0.109. The Morgan fingerprint density at radius 3 is 3.04 bits per heavy atom. The van der Waals surface area contributed by atoms with Crippen LogP contribution in [-0.2, 0) is 14.3 Å². The molecule has 0 aliphatic carbocycles. The van der Waals surface area contributed by atoms with Crippen LogP contribution in [0.4, 0.5) is 14.9 Å². The van der Waals surface area contributed by atoms with Gasteiger partial charge in [-0.05, 0) is 25.1 Å². The Kier molecular flexibility index (Phi) is 5.34. The zero-order valence-electron chi connectivity index (χ0n) is 14.4. The molecule has 0 radical (unpaired) electrons. The largest absolute Gasteiger partial charge is 0.462 e. The minimum absolute atomic E-state index is 0.112. The van der Waals surface area contributed by atoms with Gasteiger partial charge in [-0.25, -0.2) is 18.7 Å². The summed E-state index contributed by atoms with van der Waals surface area (Å²) in [5.74, 6) is -1.18. The van der Waals surface area contributed by atoms with Crippen molar-refractivity contribution in [1.82, 2.24) is 15.1 Å². The number of halogens is 1. The zero-order chi connectivity index (χ0) is 19.4. The molecule has 1 unspecified atom stereocenters. The molecule has 9 nitrogen and oxygen atoms in total. The van der Waals surface area contributed by atoms with E-state index in [9.17, 15) is 18.8 Å². The second-order valence-electron chi connectivity index (χ2n) is 5.67. The normalized spacial score (nSPS) is 16.1. The summed E-state index contributed by atoms with van der Waals surface area (Å²) in [6, 6.07) is 4.16. The Labute approximate surface area is 153 Å².